The summed E-state index contributed by atoms with van der Waals surface area (Å²) in [5.74, 6) is 0. The molecule has 5 aromatic rings. The fourth-order valence-corrected chi connectivity index (χ4v) is 5.82. The van der Waals surface area contributed by atoms with Crippen molar-refractivity contribution in [3.8, 4) is 11.3 Å². The van der Waals surface area contributed by atoms with Crippen molar-refractivity contribution in [2.45, 2.75) is 26.2 Å². The van der Waals surface area contributed by atoms with E-state index in [0.717, 1.165) is 26.2 Å². The van der Waals surface area contributed by atoms with Crippen LogP contribution in [0.1, 0.15) is 34.6 Å². The van der Waals surface area contributed by atoms with E-state index in [1.807, 2.05) is 18.2 Å². The van der Waals surface area contributed by atoms with Crippen LogP contribution in [0.3, 0.4) is 0 Å². The van der Waals surface area contributed by atoms with Crippen LogP contribution in [0.4, 0.5) is 0 Å². The molecule has 0 unspecified atom stereocenters. The van der Waals surface area contributed by atoms with Crippen LogP contribution in [-0.2, 0) is 5.41 Å². The topological polar surface area (TPSA) is 12.9 Å². The number of benzene rings is 3. The molecular formula is C25H21NSe. The molecule has 2 aromatic heterocycles. The number of aromatic nitrogens is 1. The van der Waals surface area contributed by atoms with Crippen molar-refractivity contribution in [1.82, 2.24) is 4.98 Å². The van der Waals surface area contributed by atoms with Crippen LogP contribution >= 0.6 is 0 Å². The quantitative estimate of drug-likeness (QED) is 0.280. The summed E-state index contributed by atoms with van der Waals surface area (Å²) in [6.45, 7) is 6.47. The van der Waals surface area contributed by atoms with Crippen molar-refractivity contribution in [3.05, 3.63) is 78.3 Å². The molecule has 0 N–H and O–H groups in total. The zero-order valence-corrected chi connectivity index (χ0v) is 17.0. The fourth-order valence-electron chi connectivity index (χ4n) is 3.56. The third kappa shape index (κ3) is 2.72. The third-order valence-corrected chi connectivity index (χ3v) is 7.17. The first kappa shape index (κ1) is 11.4. The van der Waals surface area contributed by atoms with E-state index in [9.17, 15) is 0 Å². The zero-order valence-electron chi connectivity index (χ0n) is 21.3. The van der Waals surface area contributed by atoms with Crippen molar-refractivity contribution in [2.75, 3.05) is 0 Å². The molecule has 0 bridgehead atoms. The molecule has 0 saturated heterocycles. The van der Waals surface area contributed by atoms with Crippen molar-refractivity contribution >= 4 is 44.6 Å². The van der Waals surface area contributed by atoms with Gasteiger partial charge in [0.1, 0.15) is 0 Å². The first-order valence-electron chi connectivity index (χ1n) is 11.8. The molecule has 0 saturated carbocycles. The first-order valence-corrected chi connectivity index (χ1v) is 10.6. The maximum atomic E-state index is 8.54. The van der Waals surface area contributed by atoms with Gasteiger partial charge in [-0.15, -0.1) is 0 Å². The Bertz CT molecular complexity index is 1610. The molecule has 2 heterocycles. The summed E-state index contributed by atoms with van der Waals surface area (Å²) in [5.41, 5.74) is 2.46. The Morgan fingerprint density at radius 1 is 0.926 bits per heavy atom. The predicted molar refractivity (Wildman–Crippen MR) is 118 cm³/mol. The van der Waals surface area contributed by atoms with Gasteiger partial charge in [0.25, 0.3) is 0 Å². The Kier molecular flexibility index (Phi) is 2.56. The molecule has 2 heteroatoms. The van der Waals surface area contributed by atoms with Gasteiger partial charge in [0, 0.05) is 0 Å². The van der Waals surface area contributed by atoms with Crippen LogP contribution < -0.4 is 0 Å². The van der Waals surface area contributed by atoms with Crippen molar-refractivity contribution < 1.29 is 8.22 Å². The summed E-state index contributed by atoms with van der Waals surface area (Å²) in [7, 11) is 0. The molecule has 0 fully saturated rings. The van der Waals surface area contributed by atoms with Gasteiger partial charge in [-0.1, -0.05) is 0 Å². The number of hydrogen-bond donors (Lipinski definition) is 0. The monoisotopic (exact) mass is 421 g/mol. The molecule has 0 aliphatic heterocycles. The molecule has 0 atom stereocenters. The number of rotatable bonds is 1. The molecule has 3 aromatic carbocycles. The standard InChI is InChI=1S/C25H21NSe/c1-25(2,3)21-15-17(14-16-8-4-5-9-18(16)21)23-24-20(12-13-26-23)19-10-6-7-11-22(19)27-24/h4-15H,1-3H3/i6D,7D,10D,11D,12D,13D. The number of hydrogen-bond acceptors (Lipinski definition) is 1. The fraction of sp³-hybridized carbons (Fsp3) is 0.160. The number of nitrogens with zero attached hydrogens (tertiary/aromatic N) is 1. The van der Waals surface area contributed by atoms with Gasteiger partial charge in [-0.25, -0.2) is 0 Å². The van der Waals surface area contributed by atoms with Crippen LogP contribution in [0, 0.1) is 0 Å². The Hall–Kier alpha value is -2.41. The number of fused-ring (bicyclic) bond motifs is 4. The normalized spacial score (nSPS) is 15.4. The van der Waals surface area contributed by atoms with Gasteiger partial charge in [0.05, 0.1) is 0 Å². The minimum atomic E-state index is -0.458. The molecule has 0 amide bonds. The Labute approximate surface area is 173 Å². The van der Waals surface area contributed by atoms with Gasteiger partial charge in [0.2, 0.25) is 0 Å². The Morgan fingerprint density at radius 3 is 2.59 bits per heavy atom. The second kappa shape index (κ2) is 6.05. The van der Waals surface area contributed by atoms with Crippen molar-refractivity contribution in [1.29, 1.82) is 0 Å². The van der Waals surface area contributed by atoms with Gasteiger partial charge in [-0.3, -0.25) is 0 Å². The van der Waals surface area contributed by atoms with E-state index in [1.54, 1.807) is 0 Å². The van der Waals surface area contributed by atoms with Crippen LogP contribution in [-0.4, -0.2) is 19.5 Å². The molecule has 5 rings (SSSR count). The molecular weight excluding hydrogens is 393 g/mol. The molecule has 0 aliphatic carbocycles. The maximum absolute atomic E-state index is 8.54. The summed E-state index contributed by atoms with van der Waals surface area (Å²) in [6, 6.07) is 11.4. The zero-order chi connectivity index (χ0) is 23.8. The first-order chi connectivity index (χ1) is 15.5. The summed E-state index contributed by atoms with van der Waals surface area (Å²) in [6.07, 6.45) is -0.190. The third-order valence-electron chi connectivity index (χ3n) is 4.84. The molecule has 0 aliphatic rings. The Morgan fingerprint density at radius 2 is 1.74 bits per heavy atom. The molecule has 0 spiro atoms. The molecule has 27 heavy (non-hydrogen) atoms. The molecule has 1 nitrogen and oxygen atoms in total. The minimum absolute atomic E-state index is 0.0621. The van der Waals surface area contributed by atoms with E-state index in [-0.39, 0.29) is 41.8 Å². The van der Waals surface area contributed by atoms with E-state index in [0.29, 0.717) is 20.7 Å². The van der Waals surface area contributed by atoms with Gasteiger partial charge >= 0.3 is 174 Å². The number of pyridine rings is 1. The van der Waals surface area contributed by atoms with Gasteiger partial charge in [0.15, 0.2) is 0 Å². The SMILES string of the molecule is [2H]c1nc(-c2cc(C(C)(C)C)c3ccccc3c2)c2[se]c3c([2H])c([2H])c([2H])c([2H])c3c2c1[2H]. The van der Waals surface area contributed by atoms with Gasteiger partial charge < -0.3 is 0 Å². The van der Waals surface area contributed by atoms with Crippen LogP contribution in [0.5, 0.6) is 0 Å². The predicted octanol–water partition coefficient (Wildman–Crippen LogP) is 6.56. The second-order valence-electron chi connectivity index (χ2n) is 7.70. The summed E-state index contributed by atoms with van der Waals surface area (Å²) >= 11 is -0.458. The second-order valence-corrected chi connectivity index (χ2v) is 9.84. The average Bonchev–Trinajstić information content (AvgIpc) is 3.18. The van der Waals surface area contributed by atoms with E-state index in [2.05, 4.69) is 44.0 Å². The van der Waals surface area contributed by atoms with Crippen LogP contribution in [0.25, 0.3) is 41.3 Å². The average molecular weight is 420 g/mol. The van der Waals surface area contributed by atoms with Crippen LogP contribution in [0.2, 0.25) is 0 Å². The summed E-state index contributed by atoms with van der Waals surface area (Å²) in [5, 5.41) is 3.00. The van der Waals surface area contributed by atoms with E-state index in [1.165, 1.54) is 0 Å². The molecule has 132 valence electrons. The summed E-state index contributed by atoms with van der Waals surface area (Å²) < 4.78 is 51.3. The van der Waals surface area contributed by atoms with E-state index >= 15 is 0 Å². The van der Waals surface area contributed by atoms with E-state index < -0.39 is 14.5 Å². The van der Waals surface area contributed by atoms with E-state index in [4.69, 9.17) is 8.22 Å². The van der Waals surface area contributed by atoms with Crippen molar-refractivity contribution in [3.63, 3.8) is 0 Å². The van der Waals surface area contributed by atoms with Gasteiger partial charge in [-0.05, 0) is 0 Å². The van der Waals surface area contributed by atoms with Crippen LogP contribution in [0.15, 0.2) is 72.8 Å². The Balaban J connectivity index is 1.97. The molecule has 0 radical (unpaired) electrons. The summed E-state index contributed by atoms with van der Waals surface area (Å²) in [4.78, 5) is 4.51. The van der Waals surface area contributed by atoms with Crippen molar-refractivity contribution in [2.24, 2.45) is 0 Å². The van der Waals surface area contributed by atoms with Gasteiger partial charge in [-0.2, -0.15) is 0 Å².